The van der Waals surface area contributed by atoms with E-state index in [0.717, 1.165) is 24.2 Å². The number of aryl methyl sites for hydroxylation is 1. The summed E-state index contributed by atoms with van der Waals surface area (Å²) in [5.41, 5.74) is 1.76. The number of halogens is 2. The smallest absolute Gasteiger partial charge is 0.269 e. The van der Waals surface area contributed by atoms with Crippen molar-refractivity contribution in [1.29, 1.82) is 0 Å². The molecule has 0 bridgehead atoms. The average molecular weight is 347 g/mol. The first-order chi connectivity index (χ1) is 11.1. The van der Waals surface area contributed by atoms with E-state index in [4.69, 9.17) is 11.6 Å². The van der Waals surface area contributed by atoms with Crippen LogP contribution in [0.5, 0.6) is 0 Å². The molecule has 0 aliphatic carbocycles. The van der Waals surface area contributed by atoms with E-state index in [2.05, 4.69) is 4.98 Å². The number of fused-ring (bicyclic) bond motifs is 2. The Bertz CT molecular complexity index is 924. The molecule has 0 unspecified atom stereocenters. The zero-order valence-corrected chi connectivity index (χ0v) is 13.6. The number of aromatic nitrogens is 1. The lowest BCUT2D eigenvalue weighted by Gasteiger charge is -2.28. The predicted molar refractivity (Wildman–Crippen MR) is 91.0 cm³/mol. The Balaban J connectivity index is 1.80. The summed E-state index contributed by atoms with van der Waals surface area (Å²) in [4.78, 5) is 19.5. The Morgan fingerprint density at radius 2 is 2.22 bits per heavy atom. The van der Waals surface area contributed by atoms with Crippen molar-refractivity contribution in [3.05, 3.63) is 57.9 Å². The fraction of sp³-hybridized carbons (Fsp3) is 0.176. The number of hydrogen-bond acceptors (Lipinski definition) is 3. The molecule has 0 radical (unpaired) electrons. The van der Waals surface area contributed by atoms with Crippen LogP contribution in [0.1, 0.15) is 21.8 Å². The first kappa shape index (κ1) is 14.6. The molecule has 0 N–H and O–H groups in total. The predicted octanol–water partition coefficient (Wildman–Crippen LogP) is 4.68. The number of hydrogen-bond donors (Lipinski definition) is 0. The topological polar surface area (TPSA) is 33.2 Å². The third kappa shape index (κ3) is 2.40. The maximum Gasteiger partial charge on any atom is 0.269 e. The van der Waals surface area contributed by atoms with Gasteiger partial charge in [-0.1, -0.05) is 11.6 Å². The molecule has 1 aliphatic heterocycles. The summed E-state index contributed by atoms with van der Waals surface area (Å²) in [5.74, 6) is -0.479. The lowest BCUT2D eigenvalue weighted by Crippen LogP contribution is -2.35. The summed E-state index contributed by atoms with van der Waals surface area (Å²) in [6, 6.07) is 8.11. The van der Waals surface area contributed by atoms with Gasteiger partial charge in [-0.2, -0.15) is 0 Å². The summed E-state index contributed by atoms with van der Waals surface area (Å²) < 4.78 is 14.1. The van der Waals surface area contributed by atoms with Crippen LogP contribution in [0.2, 0.25) is 5.02 Å². The maximum absolute atomic E-state index is 13.4. The molecule has 3 aromatic rings. The molecule has 0 saturated carbocycles. The number of carbonyl (C=O) groups is 1. The SMILES string of the molecule is O=C(c1sc2cc(F)ccc2c1Cl)N1CCCc2ncccc21. The zero-order chi connectivity index (χ0) is 16.0. The van der Waals surface area contributed by atoms with Gasteiger partial charge >= 0.3 is 0 Å². The van der Waals surface area contributed by atoms with E-state index >= 15 is 0 Å². The van der Waals surface area contributed by atoms with Crippen LogP contribution in [0.3, 0.4) is 0 Å². The number of amides is 1. The third-order valence-corrected chi connectivity index (χ3v) is 5.63. The van der Waals surface area contributed by atoms with Crippen molar-refractivity contribution in [3.8, 4) is 0 Å². The van der Waals surface area contributed by atoms with Crippen LogP contribution in [-0.4, -0.2) is 17.4 Å². The van der Waals surface area contributed by atoms with Crippen LogP contribution in [-0.2, 0) is 6.42 Å². The first-order valence-electron chi connectivity index (χ1n) is 7.28. The molecule has 116 valence electrons. The fourth-order valence-corrected chi connectivity index (χ4v) is 4.39. The Kier molecular flexibility index (Phi) is 3.54. The molecule has 0 saturated heterocycles. The second-order valence-corrected chi connectivity index (χ2v) is 6.85. The van der Waals surface area contributed by atoms with E-state index in [-0.39, 0.29) is 11.7 Å². The third-order valence-electron chi connectivity index (χ3n) is 3.98. The molecule has 3 nitrogen and oxygen atoms in total. The lowest BCUT2D eigenvalue weighted by atomic mass is 10.1. The normalized spacial score (nSPS) is 14.1. The summed E-state index contributed by atoms with van der Waals surface area (Å²) in [5, 5.41) is 1.11. The second kappa shape index (κ2) is 5.58. The molecule has 1 aliphatic rings. The van der Waals surface area contributed by atoms with Crippen LogP contribution in [0.25, 0.3) is 10.1 Å². The summed E-state index contributed by atoms with van der Waals surface area (Å²) in [6.45, 7) is 0.635. The Labute approximate surface area is 141 Å². The minimum atomic E-state index is -0.332. The van der Waals surface area contributed by atoms with Gasteiger partial charge in [-0.15, -0.1) is 11.3 Å². The van der Waals surface area contributed by atoms with Crippen molar-refractivity contribution in [2.45, 2.75) is 12.8 Å². The van der Waals surface area contributed by atoms with Crippen molar-refractivity contribution in [2.75, 3.05) is 11.4 Å². The monoisotopic (exact) mass is 346 g/mol. The molecule has 0 spiro atoms. The van der Waals surface area contributed by atoms with Crippen molar-refractivity contribution in [1.82, 2.24) is 4.98 Å². The van der Waals surface area contributed by atoms with E-state index in [0.29, 0.717) is 26.5 Å². The zero-order valence-electron chi connectivity index (χ0n) is 12.1. The average Bonchev–Trinajstić information content (AvgIpc) is 2.90. The fourth-order valence-electron chi connectivity index (χ4n) is 2.90. The standard InChI is InChI=1S/C17H12ClFN2OS/c18-15-11-6-5-10(19)9-14(11)23-16(15)17(22)21-8-2-3-12-13(21)4-1-7-20-12/h1,4-7,9H,2-3,8H2. The van der Waals surface area contributed by atoms with Gasteiger partial charge < -0.3 is 4.90 Å². The van der Waals surface area contributed by atoms with Crippen LogP contribution < -0.4 is 4.90 Å². The highest BCUT2D eigenvalue weighted by Gasteiger charge is 2.27. The second-order valence-electron chi connectivity index (χ2n) is 5.42. The number of nitrogens with zero attached hydrogens (tertiary/aromatic N) is 2. The molecule has 1 aromatic carbocycles. The van der Waals surface area contributed by atoms with Gasteiger partial charge in [0.1, 0.15) is 10.7 Å². The van der Waals surface area contributed by atoms with Gasteiger partial charge in [0.15, 0.2) is 0 Å². The van der Waals surface area contributed by atoms with Crippen molar-refractivity contribution < 1.29 is 9.18 Å². The van der Waals surface area contributed by atoms with E-state index in [9.17, 15) is 9.18 Å². The summed E-state index contributed by atoms with van der Waals surface area (Å²) >= 11 is 7.61. The van der Waals surface area contributed by atoms with Crippen molar-refractivity contribution in [3.63, 3.8) is 0 Å². The summed E-state index contributed by atoms with van der Waals surface area (Å²) in [6.07, 6.45) is 3.47. The van der Waals surface area contributed by atoms with Gasteiger partial charge in [-0.3, -0.25) is 9.78 Å². The van der Waals surface area contributed by atoms with Crippen LogP contribution in [0.15, 0.2) is 36.5 Å². The number of carbonyl (C=O) groups excluding carboxylic acids is 1. The molecule has 4 rings (SSSR count). The first-order valence-corrected chi connectivity index (χ1v) is 8.48. The highest BCUT2D eigenvalue weighted by Crippen LogP contribution is 2.38. The van der Waals surface area contributed by atoms with Crippen molar-refractivity contribution in [2.24, 2.45) is 0 Å². The molecular weight excluding hydrogens is 335 g/mol. The molecule has 23 heavy (non-hydrogen) atoms. The highest BCUT2D eigenvalue weighted by atomic mass is 35.5. The minimum absolute atomic E-state index is 0.148. The highest BCUT2D eigenvalue weighted by molar-refractivity contribution is 7.21. The molecule has 3 heterocycles. The summed E-state index contributed by atoms with van der Waals surface area (Å²) in [7, 11) is 0. The van der Waals surface area contributed by atoms with E-state index < -0.39 is 0 Å². The minimum Gasteiger partial charge on any atom is -0.306 e. The van der Waals surface area contributed by atoms with Gasteiger partial charge in [0.25, 0.3) is 5.91 Å². The number of benzene rings is 1. The number of rotatable bonds is 1. The van der Waals surface area contributed by atoms with Crippen molar-refractivity contribution >= 4 is 44.6 Å². The number of anilines is 1. The number of thiophene rings is 1. The van der Waals surface area contributed by atoms with Crippen LogP contribution in [0.4, 0.5) is 10.1 Å². The molecule has 6 heteroatoms. The molecule has 2 aromatic heterocycles. The van der Waals surface area contributed by atoms with Crippen LogP contribution in [0, 0.1) is 5.82 Å². The molecule has 1 amide bonds. The largest absolute Gasteiger partial charge is 0.306 e. The van der Waals surface area contributed by atoms with Gasteiger partial charge in [0.05, 0.1) is 16.4 Å². The Hall–Kier alpha value is -1.98. The van der Waals surface area contributed by atoms with Gasteiger partial charge in [-0.25, -0.2) is 4.39 Å². The molecule has 0 atom stereocenters. The van der Waals surface area contributed by atoms with E-state index in [1.807, 2.05) is 12.1 Å². The number of pyridine rings is 1. The van der Waals surface area contributed by atoms with Gasteiger partial charge in [0.2, 0.25) is 0 Å². The Morgan fingerprint density at radius 3 is 3.09 bits per heavy atom. The maximum atomic E-state index is 13.4. The quantitative estimate of drug-likeness (QED) is 0.641. The van der Waals surface area contributed by atoms with Gasteiger partial charge in [-0.05, 0) is 43.2 Å². The Morgan fingerprint density at radius 1 is 1.35 bits per heavy atom. The van der Waals surface area contributed by atoms with E-state index in [1.54, 1.807) is 17.2 Å². The molecule has 0 fully saturated rings. The lowest BCUT2D eigenvalue weighted by molar-refractivity contribution is 0.0989. The molecular formula is C17H12ClFN2OS. The van der Waals surface area contributed by atoms with E-state index in [1.165, 1.54) is 23.5 Å². The van der Waals surface area contributed by atoms with Gasteiger partial charge in [0, 0.05) is 22.8 Å². The van der Waals surface area contributed by atoms with Crippen LogP contribution >= 0.6 is 22.9 Å².